The summed E-state index contributed by atoms with van der Waals surface area (Å²) in [6.45, 7) is 7.45. The van der Waals surface area contributed by atoms with Crippen LogP contribution in [0.3, 0.4) is 0 Å². The molecule has 2 unspecified atom stereocenters. The topological polar surface area (TPSA) is 41.3 Å². The van der Waals surface area contributed by atoms with Gasteiger partial charge < -0.3 is 14.7 Å². The second-order valence-corrected chi connectivity index (χ2v) is 5.26. The largest absolute Gasteiger partial charge is 0.361 e. The lowest BCUT2D eigenvalue weighted by molar-refractivity contribution is 0.178. The Hall–Kier alpha value is -0.870. The summed E-state index contributed by atoms with van der Waals surface area (Å²) < 4.78 is 5.06. The van der Waals surface area contributed by atoms with Gasteiger partial charge in [0.2, 0.25) is 0 Å². The van der Waals surface area contributed by atoms with Crippen molar-refractivity contribution >= 4 is 0 Å². The van der Waals surface area contributed by atoms with Gasteiger partial charge in [-0.25, -0.2) is 0 Å². The fourth-order valence-electron chi connectivity index (χ4n) is 2.55. The minimum Gasteiger partial charge on any atom is -0.361 e. The Morgan fingerprint density at radius 3 is 3.12 bits per heavy atom. The van der Waals surface area contributed by atoms with Gasteiger partial charge in [0.05, 0.1) is 5.69 Å². The summed E-state index contributed by atoms with van der Waals surface area (Å²) in [6, 6.07) is 2.53. The van der Waals surface area contributed by atoms with Gasteiger partial charge in [-0.2, -0.15) is 0 Å². The van der Waals surface area contributed by atoms with Crippen LogP contribution in [-0.2, 0) is 6.54 Å². The standard InChI is InChI=1S/C13H23N3O/c1-10-7-13(15-17-10)8-14-11(2)12-5-4-6-16(3)9-12/h7,11-12,14H,4-6,8-9H2,1-3H3. The van der Waals surface area contributed by atoms with E-state index in [1.165, 1.54) is 25.9 Å². The maximum atomic E-state index is 5.06. The average molecular weight is 237 g/mol. The molecule has 1 aromatic heterocycles. The number of aromatic nitrogens is 1. The monoisotopic (exact) mass is 237 g/mol. The molecule has 0 aromatic carbocycles. The lowest BCUT2D eigenvalue weighted by Gasteiger charge is -2.33. The van der Waals surface area contributed by atoms with Crippen LogP contribution in [-0.4, -0.2) is 36.2 Å². The quantitative estimate of drug-likeness (QED) is 0.867. The lowest BCUT2D eigenvalue weighted by atomic mass is 9.92. The highest BCUT2D eigenvalue weighted by Crippen LogP contribution is 2.18. The van der Waals surface area contributed by atoms with E-state index in [1.807, 2.05) is 13.0 Å². The van der Waals surface area contributed by atoms with Crippen LogP contribution < -0.4 is 5.32 Å². The second kappa shape index (κ2) is 5.65. The van der Waals surface area contributed by atoms with Crippen molar-refractivity contribution in [2.24, 2.45) is 5.92 Å². The Bertz CT molecular complexity index is 350. The molecule has 1 aliphatic rings. The number of hydrogen-bond donors (Lipinski definition) is 1. The molecule has 1 N–H and O–H groups in total. The predicted molar refractivity (Wildman–Crippen MR) is 67.8 cm³/mol. The maximum absolute atomic E-state index is 5.06. The van der Waals surface area contributed by atoms with Gasteiger partial charge in [-0.05, 0) is 46.2 Å². The van der Waals surface area contributed by atoms with Gasteiger partial charge in [0.15, 0.2) is 0 Å². The molecule has 1 aromatic rings. The molecule has 17 heavy (non-hydrogen) atoms. The first-order valence-electron chi connectivity index (χ1n) is 6.49. The summed E-state index contributed by atoms with van der Waals surface area (Å²) in [6.07, 6.45) is 2.65. The van der Waals surface area contributed by atoms with Gasteiger partial charge >= 0.3 is 0 Å². The molecule has 2 heterocycles. The van der Waals surface area contributed by atoms with Gasteiger partial charge in [0.1, 0.15) is 5.76 Å². The molecule has 0 bridgehead atoms. The smallest absolute Gasteiger partial charge is 0.133 e. The molecule has 1 saturated heterocycles. The number of aryl methyl sites for hydroxylation is 1. The number of rotatable bonds is 4. The van der Waals surface area contributed by atoms with Crippen molar-refractivity contribution in [1.82, 2.24) is 15.4 Å². The molecule has 0 aliphatic carbocycles. The number of piperidine rings is 1. The van der Waals surface area contributed by atoms with Gasteiger partial charge in [-0.3, -0.25) is 0 Å². The first kappa shape index (κ1) is 12.6. The summed E-state index contributed by atoms with van der Waals surface area (Å²) >= 11 is 0. The molecule has 0 saturated carbocycles. The molecule has 2 atom stereocenters. The van der Waals surface area contributed by atoms with E-state index in [4.69, 9.17) is 4.52 Å². The molecule has 4 nitrogen and oxygen atoms in total. The highest BCUT2D eigenvalue weighted by Gasteiger charge is 2.22. The third kappa shape index (κ3) is 3.54. The van der Waals surface area contributed by atoms with Crippen LogP contribution in [0.2, 0.25) is 0 Å². The van der Waals surface area contributed by atoms with Crippen molar-refractivity contribution in [3.63, 3.8) is 0 Å². The number of hydrogen-bond acceptors (Lipinski definition) is 4. The number of nitrogens with one attached hydrogen (secondary N) is 1. The predicted octanol–water partition coefficient (Wildman–Crippen LogP) is 1.80. The van der Waals surface area contributed by atoms with Crippen LogP contribution in [0.25, 0.3) is 0 Å². The summed E-state index contributed by atoms with van der Waals surface area (Å²) in [5, 5.41) is 7.55. The zero-order chi connectivity index (χ0) is 12.3. The van der Waals surface area contributed by atoms with E-state index in [1.54, 1.807) is 0 Å². The third-order valence-corrected chi connectivity index (χ3v) is 3.65. The Morgan fingerprint density at radius 2 is 2.47 bits per heavy atom. The summed E-state index contributed by atoms with van der Waals surface area (Å²) in [5.41, 5.74) is 0.999. The highest BCUT2D eigenvalue weighted by atomic mass is 16.5. The minimum absolute atomic E-state index is 0.537. The van der Waals surface area contributed by atoms with Crippen LogP contribution in [0.5, 0.6) is 0 Å². The molecule has 0 spiro atoms. The third-order valence-electron chi connectivity index (χ3n) is 3.65. The fraction of sp³-hybridized carbons (Fsp3) is 0.769. The van der Waals surface area contributed by atoms with E-state index in [-0.39, 0.29) is 0 Å². The Kier molecular flexibility index (Phi) is 4.18. The Labute approximate surface area is 103 Å². The molecule has 2 rings (SSSR count). The van der Waals surface area contributed by atoms with E-state index in [0.29, 0.717) is 6.04 Å². The fourth-order valence-corrected chi connectivity index (χ4v) is 2.55. The highest BCUT2D eigenvalue weighted by molar-refractivity contribution is 5.03. The minimum atomic E-state index is 0.537. The number of nitrogens with zero attached hydrogens (tertiary/aromatic N) is 2. The summed E-state index contributed by atoms with van der Waals surface area (Å²) in [5.74, 6) is 1.63. The van der Waals surface area contributed by atoms with Crippen molar-refractivity contribution in [2.45, 2.75) is 39.3 Å². The molecule has 1 aliphatic heterocycles. The van der Waals surface area contributed by atoms with Crippen LogP contribution in [0.15, 0.2) is 10.6 Å². The van der Waals surface area contributed by atoms with E-state index in [0.717, 1.165) is 23.9 Å². The zero-order valence-electron chi connectivity index (χ0n) is 11.1. The molecule has 0 radical (unpaired) electrons. The van der Waals surface area contributed by atoms with E-state index in [9.17, 15) is 0 Å². The zero-order valence-corrected chi connectivity index (χ0v) is 11.1. The first-order chi connectivity index (χ1) is 8.15. The van der Waals surface area contributed by atoms with Crippen molar-refractivity contribution in [1.29, 1.82) is 0 Å². The van der Waals surface area contributed by atoms with E-state index >= 15 is 0 Å². The van der Waals surface area contributed by atoms with Crippen molar-refractivity contribution in [2.75, 3.05) is 20.1 Å². The van der Waals surface area contributed by atoms with E-state index < -0.39 is 0 Å². The van der Waals surface area contributed by atoms with Crippen molar-refractivity contribution in [3.05, 3.63) is 17.5 Å². The van der Waals surface area contributed by atoms with Crippen LogP contribution in [0, 0.1) is 12.8 Å². The molecular weight excluding hydrogens is 214 g/mol. The molecule has 96 valence electrons. The number of likely N-dealkylation sites (tertiary alicyclic amines) is 1. The van der Waals surface area contributed by atoms with Crippen molar-refractivity contribution in [3.8, 4) is 0 Å². The maximum Gasteiger partial charge on any atom is 0.133 e. The first-order valence-corrected chi connectivity index (χ1v) is 6.49. The van der Waals surface area contributed by atoms with Crippen LogP contribution >= 0.6 is 0 Å². The second-order valence-electron chi connectivity index (χ2n) is 5.26. The van der Waals surface area contributed by atoms with Crippen LogP contribution in [0.4, 0.5) is 0 Å². The van der Waals surface area contributed by atoms with Gasteiger partial charge in [0.25, 0.3) is 0 Å². The van der Waals surface area contributed by atoms with Crippen LogP contribution in [0.1, 0.15) is 31.2 Å². The van der Waals surface area contributed by atoms with Gasteiger partial charge in [-0.15, -0.1) is 0 Å². The molecule has 1 fully saturated rings. The SMILES string of the molecule is Cc1cc(CNC(C)C2CCCN(C)C2)no1. The summed E-state index contributed by atoms with van der Waals surface area (Å²) in [4.78, 5) is 2.42. The Balaban J connectivity index is 1.78. The van der Waals surface area contributed by atoms with E-state index in [2.05, 4.69) is 29.3 Å². The lowest BCUT2D eigenvalue weighted by Crippen LogP contribution is -2.42. The molecule has 4 heteroatoms. The van der Waals surface area contributed by atoms with Gasteiger partial charge in [0, 0.05) is 25.2 Å². The molecule has 0 amide bonds. The average Bonchev–Trinajstić information content (AvgIpc) is 2.72. The molecular formula is C13H23N3O. The van der Waals surface area contributed by atoms with Gasteiger partial charge in [-0.1, -0.05) is 5.16 Å². The van der Waals surface area contributed by atoms with Crippen molar-refractivity contribution < 1.29 is 4.52 Å². The Morgan fingerprint density at radius 1 is 1.65 bits per heavy atom. The normalized spacial score (nSPS) is 23.8. The summed E-state index contributed by atoms with van der Waals surface area (Å²) in [7, 11) is 2.21.